The highest BCUT2D eigenvalue weighted by Crippen LogP contribution is 2.29. The molecule has 1 saturated heterocycles. The monoisotopic (exact) mass is 394 g/mol. The van der Waals surface area contributed by atoms with Gasteiger partial charge in [0.1, 0.15) is 0 Å². The number of rotatable bonds is 5. The first-order valence-electron chi connectivity index (χ1n) is 8.32. The van der Waals surface area contributed by atoms with Crippen LogP contribution in [0, 0.1) is 0 Å². The van der Waals surface area contributed by atoms with Gasteiger partial charge in [0, 0.05) is 31.2 Å². The third-order valence-electron chi connectivity index (χ3n) is 4.30. The Kier molecular flexibility index (Phi) is 6.12. The van der Waals surface area contributed by atoms with Crippen molar-refractivity contribution in [2.24, 2.45) is 0 Å². The second-order valence-corrected chi connectivity index (χ2v) is 6.75. The zero-order chi connectivity index (χ0) is 18.5. The van der Waals surface area contributed by atoms with Crippen LogP contribution in [0.3, 0.4) is 0 Å². The molecule has 0 bridgehead atoms. The standard InChI is InChI=1S/C19H20Cl2N2O3/c1-25-17-4-2-3-5-18(17)26-13-19(24)23-10-8-22(9-11-23)16-7-6-14(20)12-15(16)21/h2-7,12H,8-11,13H2,1H3. The van der Waals surface area contributed by atoms with E-state index >= 15 is 0 Å². The molecule has 7 heteroatoms. The van der Waals surface area contributed by atoms with Crippen LogP contribution in [-0.4, -0.2) is 50.7 Å². The van der Waals surface area contributed by atoms with Crippen LogP contribution in [0.4, 0.5) is 5.69 Å². The van der Waals surface area contributed by atoms with Crippen molar-refractivity contribution in [3.63, 3.8) is 0 Å². The van der Waals surface area contributed by atoms with E-state index in [0.717, 1.165) is 5.69 Å². The molecule has 1 aliphatic heterocycles. The Balaban J connectivity index is 1.53. The van der Waals surface area contributed by atoms with E-state index in [1.165, 1.54) is 0 Å². The maximum atomic E-state index is 12.4. The Bertz CT molecular complexity index is 777. The Morgan fingerprint density at radius 3 is 2.38 bits per heavy atom. The molecule has 0 aromatic heterocycles. The van der Waals surface area contributed by atoms with E-state index in [9.17, 15) is 4.79 Å². The number of benzene rings is 2. The minimum atomic E-state index is -0.0437. The van der Waals surface area contributed by atoms with Crippen LogP contribution in [0.25, 0.3) is 0 Å². The number of anilines is 1. The first-order valence-corrected chi connectivity index (χ1v) is 9.07. The van der Waals surface area contributed by atoms with Gasteiger partial charge in [0.05, 0.1) is 17.8 Å². The quantitative estimate of drug-likeness (QED) is 0.774. The van der Waals surface area contributed by atoms with Crippen LogP contribution in [0.1, 0.15) is 0 Å². The van der Waals surface area contributed by atoms with Crippen LogP contribution in [0.5, 0.6) is 11.5 Å². The van der Waals surface area contributed by atoms with Crippen molar-refractivity contribution in [1.29, 1.82) is 0 Å². The van der Waals surface area contributed by atoms with Gasteiger partial charge in [-0.2, -0.15) is 0 Å². The fourth-order valence-electron chi connectivity index (χ4n) is 2.90. The van der Waals surface area contributed by atoms with E-state index in [4.69, 9.17) is 32.7 Å². The summed E-state index contributed by atoms with van der Waals surface area (Å²) in [6.07, 6.45) is 0. The molecule has 0 saturated carbocycles. The minimum Gasteiger partial charge on any atom is -0.493 e. The lowest BCUT2D eigenvalue weighted by Crippen LogP contribution is -2.50. The summed E-state index contributed by atoms with van der Waals surface area (Å²) < 4.78 is 10.8. The van der Waals surface area contributed by atoms with Crippen LogP contribution in [0.15, 0.2) is 42.5 Å². The van der Waals surface area contributed by atoms with E-state index in [0.29, 0.717) is 47.7 Å². The lowest BCUT2D eigenvalue weighted by atomic mass is 10.2. The average molecular weight is 395 g/mol. The van der Waals surface area contributed by atoms with E-state index in [2.05, 4.69) is 4.90 Å². The number of amides is 1. The van der Waals surface area contributed by atoms with E-state index in [1.54, 1.807) is 30.2 Å². The van der Waals surface area contributed by atoms with Crippen molar-refractivity contribution < 1.29 is 14.3 Å². The summed E-state index contributed by atoms with van der Waals surface area (Å²) in [5.74, 6) is 1.13. The molecule has 1 fully saturated rings. The second kappa shape index (κ2) is 8.52. The van der Waals surface area contributed by atoms with Gasteiger partial charge in [0.2, 0.25) is 0 Å². The molecular weight excluding hydrogens is 375 g/mol. The predicted molar refractivity (Wildman–Crippen MR) is 104 cm³/mol. The molecule has 0 spiro atoms. The largest absolute Gasteiger partial charge is 0.493 e. The van der Waals surface area contributed by atoms with Crippen LogP contribution >= 0.6 is 23.2 Å². The fraction of sp³-hybridized carbons (Fsp3) is 0.316. The Morgan fingerprint density at radius 2 is 1.73 bits per heavy atom. The molecule has 1 heterocycles. The van der Waals surface area contributed by atoms with Gasteiger partial charge < -0.3 is 19.3 Å². The number of carbonyl (C=O) groups is 1. The van der Waals surface area contributed by atoms with Crippen molar-refractivity contribution in [2.45, 2.75) is 0 Å². The second-order valence-electron chi connectivity index (χ2n) is 5.90. The smallest absolute Gasteiger partial charge is 0.260 e. The number of hydrogen-bond donors (Lipinski definition) is 0. The summed E-state index contributed by atoms with van der Waals surface area (Å²) in [6, 6.07) is 12.7. The summed E-state index contributed by atoms with van der Waals surface area (Å²) in [7, 11) is 1.57. The topological polar surface area (TPSA) is 42.0 Å². The summed E-state index contributed by atoms with van der Waals surface area (Å²) in [6.45, 7) is 2.64. The molecular formula is C19H20Cl2N2O3. The minimum absolute atomic E-state index is 0.0118. The Hall–Kier alpha value is -2.11. The first-order chi connectivity index (χ1) is 12.6. The lowest BCUT2D eigenvalue weighted by Gasteiger charge is -2.36. The lowest BCUT2D eigenvalue weighted by molar-refractivity contribution is -0.133. The van der Waals surface area contributed by atoms with E-state index in [-0.39, 0.29) is 12.5 Å². The van der Waals surface area contributed by atoms with Crippen LogP contribution < -0.4 is 14.4 Å². The van der Waals surface area contributed by atoms with Gasteiger partial charge in [-0.05, 0) is 30.3 Å². The SMILES string of the molecule is COc1ccccc1OCC(=O)N1CCN(c2ccc(Cl)cc2Cl)CC1. The number of carbonyl (C=O) groups excluding carboxylic acids is 1. The summed E-state index contributed by atoms with van der Waals surface area (Å²) in [5.41, 5.74) is 0.938. The maximum Gasteiger partial charge on any atom is 0.260 e. The van der Waals surface area contributed by atoms with Gasteiger partial charge in [-0.25, -0.2) is 0 Å². The van der Waals surface area contributed by atoms with Gasteiger partial charge in [-0.15, -0.1) is 0 Å². The number of halogens is 2. The van der Waals surface area contributed by atoms with Crippen molar-refractivity contribution in [2.75, 3.05) is 44.8 Å². The Labute approximate surface area is 163 Å². The average Bonchev–Trinajstić information content (AvgIpc) is 2.66. The van der Waals surface area contributed by atoms with Gasteiger partial charge in [0.25, 0.3) is 5.91 Å². The zero-order valence-electron chi connectivity index (χ0n) is 14.5. The normalized spacial score (nSPS) is 14.3. The van der Waals surface area contributed by atoms with Gasteiger partial charge in [-0.3, -0.25) is 4.79 Å². The maximum absolute atomic E-state index is 12.4. The van der Waals surface area contributed by atoms with Gasteiger partial charge in [0.15, 0.2) is 18.1 Å². The molecule has 0 radical (unpaired) electrons. The van der Waals surface area contributed by atoms with Crippen LogP contribution in [0.2, 0.25) is 10.0 Å². The molecule has 5 nitrogen and oxygen atoms in total. The summed E-state index contributed by atoms with van der Waals surface area (Å²) in [4.78, 5) is 16.4. The number of para-hydroxylation sites is 2. The molecule has 2 aromatic carbocycles. The number of piperazine rings is 1. The van der Waals surface area contributed by atoms with Crippen LogP contribution in [-0.2, 0) is 4.79 Å². The van der Waals surface area contributed by atoms with Crippen molar-refractivity contribution in [3.05, 3.63) is 52.5 Å². The molecule has 138 valence electrons. The molecule has 1 amide bonds. The number of methoxy groups -OCH3 is 1. The summed E-state index contributed by atoms with van der Waals surface area (Å²) >= 11 is 12.2. The van der Waals surface area contributed by atoms with Crippen molar-refractivity contribution in [1.82, 2.24) is 4.90 Å². The van der Waals surface area contributed by atoms with E-state index in [1.807, 2.05) is 24.3 Å². The van der Waals surface area contributed by atoms with Crippen molar-refractivity contribution in [3.8, 4) is 11.5 Å². The zero-order valence-corrected chi connectivity index (χ0v) is 16.0. The third-order valence-corrected chi connectivity index (χ3v) is 4.84. The molecule has 1 aliphatic rings. The molecule has 2 aromatic rings. The van der Waals surface area contributed by atoms with E-state index < -0.39 is 0 Å². The summed E-state index contributed by atoms with van der Waals surface area (Å²) in [5, 5.41) is 1.23. The van der Waals surface area contributed by atoms with Crippen molar-refractivity contribution >= 4 is 34.8 Å². The number of ether oxygens (including phenoxy) is 2. The van der Waals surface area contributed by atoms with Gasteiger partial charge >= 0.3 is 0 Å². The number of nitrogens with zero attached hydrogens (tertiary/aromatic N) is 2. The fourth-order valence-corrected chi connectivity index (χ4v) is 3.43. The molecule has 0 atom stereocenters. The molecule has 26 heavy (non-hydrogen) atoms. The highest BCUT2D eigenvalue weighted by molar-refractivity contribution is 6.36. The highest BCUT2D eigenvalue weighted by atomic mass is 35.5. The molecule has 0 aliphatic carbocycles. The number of hydrogen-bond acceptors (Lipinski definition) is 4. The predicted octanol–water partition coefficient (Wildman–Crippen LogP) is 3.73. The first kappa shape index (κ1) is 18.7. The highest BCUT2D eigenvalue weighted by Gasteiger charge is 2.23. The third kappa shape index (κ3) is 4.34. The molecule has 0 N–H and O–H groups in total. The molecule has 0 unspecified atom stereocenters. The van der Waals surface area contributed by atoms with Gasteiger partial charge in [-0.1, -0.05) is 35.3 Å². The Morgan fingerprint density at radius 1 is 1.04 bits per heavy atom. The molecule has 3 rings (SSSR count).